The van der Waals surface area contributed by atoms with E-state index in [1.165, 1.54) is 25.3 Å². The van der Waals surface area contributed by atoms with Crippen molar-refractivity contribution >= 4 is 55.8 Å². The summed E-state index contributed by atoms with van der Waals surface area (Å²) in [7, 11) is 1.22. The summed E-state index contributed by atoms with van der Waals surface area (Å²) < 4.78 is 22.9. The molecule has 0 bridgehead atoms. The monoisotopic (exact) mass is 657 g/mol. The molecule has 1 fully saturated rings. The van der Waals surface area contributed by atoms with Crippen LogP contribution in [0, 0.1) is 11.3 Å². The zero-order valence-electron chi connectivity index (χ0n) is 20.7. The fourth-order valence-corrected chi connectivity index (χ4v) is 4.66. The van der Waals surface area contributed by atoms with Gasteiger partial charge in [0.2, 0.25) is 5.76 Å². The summed E-state index contributed by atoms with van der Waals surface area (Å²) >= 11 is 7.06. The predicted molar refractivity (Wildman–Crippen MR) is 146 cm³/mol. The highest BCUT2D eigenvalue weighted by Gasteiger charge is 2.35. The summed E-state index contributed by atoms with van der Waals surface area (Å²) in [6.07, 6.45) is 1.51. The smallest absolute Gasteiger partial charge is 0.373 e. The Balaban J connectivity index is 1.59. The molecule has 0 atom stereocenters. The van der Waals surface area contributed by atoms with E-state index in [0.29, 0.717) is 43.7 Å². The van der Waals surface area contributed by atoms with Gasteiger partial charge in [-0.05, 0) is 74.7 Å². The molecule has 0 aliphatic carbocycles. The number of urea groups is 1. The highest BCUT2D eigenvalue weighted by atomic mass is 79.9. The topological polar surface area (TPSA) is 131 Å². The molecule has 2 heterocycles. The lowest BCUT2D eigenvalue weighted by Gasteiger charge is -2.17. The maximum atomic E-state index is 13.0. The van der Waals surface area contributed by atoms with E-state index in [-0.39, 0.29) is 30.4 Å². The van der Waals surface area contributed by atoms with Crippen LogP contribution in [0.5, 0.6) is 11.5 Å². The summed E-state index contributed by atoms with van der Waals surface area (Å²) in [5, 5.41) is 11.9. The van der Waals surface area contributed by atoms with Gasteiger partial charge in [0.15, 0.2) is 11.5 Å². The first-order valence-electron chi connectivity index (χ1n) is 11.5. The van der Waals surface area contributed by atoms with Crippen molar-refractivity contribution in [1.29, 1.82) is 5.26 Å². The van der Waals surface area contributed by atoms with Gasteiger partial charge in [0.1, 0.15) is 18.1 Å². The van der Waals surface area contributed by atoms with Crippen molar-refractivity contribution < 1.29 is 33.0 Å². The lowest BCUT2D eigenvalue weighted by Crippen LogP contribution is -2.30. The van der Waals surface area contributed by atoms with Crippen molar-refractivity contribution in [1.82, 2.24) is 10.2 Å². The van der Waals surface area contributed by atoms with E-state index < -0.39 is 17.9 Å². The van der Waals surface area contributed by atoms with Gasteiger partial charge in [-0.3, -0.25) is 9.69 Å². The Hall–Kier alpha value is -4.08. The lowest BCUT2D eigenvalue weighted by atomic mass is 10.1. The van der Waals surface area contributed by atoms with Crippen molar-refractivity contribution in [3.8, 4) is 17.6 Å². The van der Waals surface area contributed by atoms with Crippen LogP contribution < -0.4 is 14.8 Å². The summed E-state index contributed by atoms with van der Waals surface area (Å²) in [6.45, 7) is 2.12. The van der Waals surface area contributed by atoms with Crippen LogP contribution in [0.3, 0.4) is 0 Å². The quantitative estimate of drug-likeness (QED) is 0.180. The number of carbonyl (C=O) groups excluding carboxylic acids is 3. The Labute approximate surface area is 240 Å². The zero-order valence-corrected chi connectivity index (χ0v) is 23.9. The molecule has 10 nitrogen and oxygen atoms in total. The Morgan fingerprint density at radius 2 is 1.92 bits per heavy atom. The van der Waals surface area contributed by atoms with Gasteiger partial charge in [0.25, 0.3) is 5.91 Å². The number of carbonyl (C=O) groups is 3. The van der Waals surface area contributed by atoms with Crippen molar-refractivity contribution in [3.63, 3.8) is 0 Å². The summed E-state index contributed by atoms with van der Waals surface area (Å²) in [4.78, 5) is 38.2. The molecule has 39 heavy (non-hydrogen) atoms. The molecule has 1 saturated heterocycles. The Morgan fingerprint density at radius 1 is 1.15 bits per heavy atom. The second-order valence-corrected chi connectivity index (χ2v) is 9.63. The van der Waals surface area contributed by atoms with E-state index in [1.807, 2.05) is 13.0 Å². The van der Waals surface area contributed by atoms with Crippen molar-refractivity contribution in [3.05, 3.63) is 85.3 Å². The number of hydrogen-bond donors (Lipinski definition) is 1. The van der Waals surface area contributed by atoms with E-state index in [9.17, 15) is 19.6 Å². The van der Waals surface area contributed by atoms with E-state index >= 15 is 0 Å². The number of nitrogens with one attached hydrogen (secondary N) is 1. The number of imide groups is 1. The van der Waals surface area contributed by atoms with Crippen LogP contribution >= 0.6 is 31.9 Å². The molecule has 0 unspecified atom stereocenters. The SMILES string of the molecule is CCOc1cc(/C=C2\NC(=O)N(Cc3ccc(C(=O)OC)o3)C2=O)c(Br)c(Br)c1OCc1ccccc1C#N. The number of furan rings is 1. The fraction of sp³-hybridized carbons (Fsp3) is 0.185. The second kappa shape index (κ2) is 12.2. The molecule has 1 N–H and O–H groups in total. The maximum Gasteiger partial charge on any atom is 0.373 e. The number of amides is 3. The number of halogens is 2. The first-order chi connectivity index (χ1) is 18.8. The third-order valence-electron chi connectivity index (χ3n) is 5.59. The van der Waals surface area contributed by atoms with Crippen LogP contribution in [0.1, 0.15) is 39.9 Å². The van der Waals surface area contributed by atoms with Gasteiger partial charge in [-0.1, -0.05) is 18.2 Å². The van der Waals surface area contributed by atoms with Gasteiger partial charge in [0.05, 0.1) is 36.4 Å². The molecule has 1 aliphatic rings. The first kappa shape index (κ1) is 27.9. The average Bonchev–Trinajstić information content (AvgIpc) is 3.51. The predicted octanol–water partition coefficient (Wildman–Crippen LogP) is 5.53. The lowest BCUT2D eigenvalue weighted by molar-refractivity contribution is -0.123. The Kier molecular flexibility index (Phi) is 8.73. The number of nitriles is 1. The summed E-state index contributed by atoms with van der Waals surface area (Å²) in [6, 6.07) is 13.2. The molecule has 1 aliphatic heterocycles. The molecule has 0 saturated carbocycles. The largest absolute Gasteiger partial charge is 0.490 e. The molecule has 1 aromatic heterocycles. The number of benzene rings is 2. The van der Waals surface area contributed by atoms with Crippen LogP contribution in [0.2, 0.25) is 0 Å². The number of methoxy groups -OCH3 is 1. The standard InChI is InChI=1S/C27H21Br2N3O7/c1-3-37-21-11-17(22(28)23(29)24(21)38-14-16-7-5-4-6-15(16)12-30)10-19-25(33)32(27(35)31-19)13-18-8-9-20(39-18)26(34)36-2/h4-11H,3,13-14H2,1-2H3,(H,31,35)/b19-10-. The van der Waals surface area contributed by atoms with Crippen molar-refractivity contribution in [2.24, 2.45) is 0 Å². The molecule has 3 aromatic rings. The Morgan fingerprint density at radius 3 is 2.64 bits per heavy atom. The van der Waals surface area contributed by atoms with Gasteiger partial charge < -0.3 is 23.9 Å². The third-order valence-corrected chi connectivity index (χ3v) is 7.73. The molecule has 4 rings (SSSR count). The number of nitrogens with zero attached hydrogens (tertiary/aromatic N) is 2. The van der Waals surface area contributed by atoms with E-state index in [1.54, 1.807) is 24.3 Å². The number of ether oxygens (including phenoxy) is 3. The van der Waals surface area contributed by atoms with Gasteiger partial charge >= 0.3 is 12.0 Å². The minimum Gasteiger partial charge on any atom is -0.490 e. The number of rotatable bonds is 9. The van der Waals surface area contributed by atoms with Gasteiger partial charge in [-0.25, -0.2) is 9.59 Å². The molecular formula is C27H21Br2N3O7. The van der Waals surface area contributed by atoms with E-state index in [2.05, 4.69) is 48.0 Å². The summed E-state index contributed by atoms with van der Waals surface area (Å²) in [5.74, 6) is -0.241. The first-order valence-corrected chi connectivity index (χ1v) is 13.1. The van der Waals surface area contributed by atoms with Crippen molar-refractivity contribution in [2.45, 2.75) is 20.1 Å². The van der Waals surface area contributed by atoms with Crippen molar-refractivity contribution in [2.75, 3.05) is 13.7 Å². The van der Waals surface area contributed by atoms with Crippen LogP contribution in [0.4, 0.5) is 4.79 Å². The molecular weight excluding hydrogens is 638 g/mol. The molecule has 2 aromatic carbocycles. The number of hydrogen-bond acceptors (Lipinski definition) is 8. The number of esters is 1. The highest BCUT2D eigenvalue weighted by molar-refractivity contribution is 9.13. The van der Waals surface area contributed by atoms with Crippen LogP contribution in [0.25, 0.3) is 6.08 Å². The van der Waals surface area contributed by atoms with Gasteiger partial charge in [0, 0.05) is 10.0 Å². The molecule has 0 spiro atoms. The molecule has 3 amide bonds. The second-order valence-electron chi connectivity index (χ2n) is 8.05. The maximum absolute atomic E-state index is 13.0. The fourth-order valence-electron chi connectivity index (χ4n) is 3.71. The van der Waals surface area contributed by atoms with Gasteiger partial charge in [-0.2, -0.15) is 5.26 Å². The normalized spacial score (nSPS) is 13.8. The van der Waals surface area contributed by atoms with Crippen LogP contribution in [0.15, 0.2) is 61.5 Å². The third kappa shape index (κ3) is 6.00. The average molecular weight is 659 g/mol. The van der Waals surface area contributed by atoms with E-state index in [0.717, 1.165) is 4.90 Å². The molecule has 0 radical (unpaired) electrons. The van der Waals surface area contributed by atoms with Gasteiger partial charge in [-0.15, -0.1) is 0 Å². The Bertz CT molecular complexity index is 1520. The minimum atomic E-state index is -0.665. The minimum absolute atomic E-state index is 0.0337. The van der Waals surface area contributed by atoms with E-state index in [4.69, 9.17) is 13.9 Å². The summed E-state index contributed by atoms with van der Waals surface area (Å²) in [5.41, 5.74) is 1.78. The zero-order chi connectivity index (χ0) is 28.1. The molecule has 12 heteroatoms. The van der Waals surface area contributed by atoms with Crippen LogP contribution in [-0.2, 0) is 22.7 Å². The van der Waals surface area contributed by atoms with Crippen LogP contribution in [-0.4, -0.2) is 36.5 Å². The molecule has 200 valence electrons. The highest BCUT2D eigenvalue weighted by Crippen LogP contribution is 2.44.